The van der Waals surface area contributed by atoms with Gasteiger partial charge < -0.3 is 19.7 Å². The highest BCUT2D eigenvalue weighted by Crippen LogP contribution is 2.43. The van der Waals surface area contributed by atoms with Gasteiger partial charge in [0.1, 0.15) is 0 Å². The quantitative estimate of drug-likeness (QED) is 0.239. The SMILES string of the molecule is CCCC(C)OCC1C[C@H](C)CC[C@H]1C(C)C(O)C(O)C(C)[C@@H]1CC[C@@H](C)CC1COC(C)CCC. The fourth-order valence-electron chi connectivity index (χ4n) is 7.50. The highest BCUT2D eigenvalue weighted by Gasteiger charge is 2.42. The molecule has 0 heterocycles. The van der Waals surface area contributed by atoms with E-state index in [9.17, 15) is 10.2 Å². The van der Waals surface area contributed by atoms with Gasteiger partial charge in [0.05, 0.1) is 37.6 Å². The summed E-state index contributed by atoms with van der Waals surface area (Å²) in [4.78, 5) is 0. The summed E-state index contributed by atoms with van der Waals surface area (Å²) in [5.74, 6) is 3.33. The predicted molar refractivity (Wildman–Crippen MR) is 151 cm³/mol. The first-order valence-electron chi connectivity index (χ1n) is 15.7. The number of ether oxygens (including phenoxy) is 2. The molecule has 2 rings (SSSR count). The second-order valence-electron chi connectivity index (χ2n) is 13.2. The van der Waals surface area contributed by atoms with E-state index in [1.165, 1.54) is 25.7 Å². The maximum Gasteiger partial charge on any atom is 0.0830 e. The lowest BCUT2D eigenvalue weighted by atomic mass is 9.65. The summed E-state index contributed by atoms with van der Waals surface area (Å²) < 4.78 is 12.5. The van der Waals surface area contributed by atoms with Crippen molar-refractivity contribution in [3.8, 4) is 0 Å². The van der Waals surface area contributed by atoms with Gasteiger partial charge in [-0.1, -0.05) is 67.2 Å². The summed E-state index contributed by atoms with van der Waals surface area (Å²) in [6, 6.07) is 0. The summed E-state index contributed by atoms with van der Waals surface area (Å²) in [5.41, 5.74) is 0. The lowest BCUT2D eigenvalue weighted by molar-refractivity contribution is -0.0999. The van der Waals surface area contributed by atoms with E-state index >= 15 is 0 Å². The van der Waals surface area contributed by atoms with Crippen LogP contribution in [0, 0.1) is 47.3 Å². The van der Waals surface area contributed by atoms with E-state index in [1.807, 2.05) is 0 Å². The maximum absolute atomic E-state index is 11.5. The van der Waals surface area contributed by atoms with Crippen LogP contribution in [0.25, 0.3) is 0 Å². The summed E-state index contributed by atoms with van der Waals surface area (Å²) in [6.07, 6.45) is 10.7. The molecule has 2 saturated carbocycles. The van der Waals surface area contributed by atoms with Gasteiger partial charge in [0.2, 0.25) is 0 Å². The highest BCUT2D eigenvalue weighted by atomic mass is 16.5. The van der Waals surface area contributed by atoms with Gasteiger partial charge in [-0.25, -0.2) is 0 Å². The molecular formula is C32H62O4. The zero-order valence-corrected chi connectivity index (χ0v) is 25.1. The van der Waals surface area contributed by atoms with E-state index in [0.717, 1.165) is 51.7 Å². The van der Waals surface area contributed by atoms with Crippen molar-refractivity contribution >= 4 is 0 Å². The number of hydrogen-bond acceptors (Lipinski definition) is 4. The third-order valence-corrected chi connectivity index (χ3v) is 9.96. The molecule has 0 amide bonds. The van der Waals surface area contributed by atoms with Crippen molar-refractivity contribution in [2.24, 2.45) is 47.3 Å². The van der Waals surface area contributed by atoms with E-state index in [0.29, 0.717) is 47.7 Å². The minimum atomic E-state index is -0.686. The molecule has 2 fully saturated rings. The Balaban J connectivity index is 2.03. The van der Waals surface area contributed by atoms with Crippen molar-refractivity contribution in [1.29, 1.82) is 0 Å². The molecule has 0 aromatic rings. The number of aliphatic hydroxyl groups is 2. The van der Waals surface area contributed by atoms with Crippen LogP contribution < -0.4 is 0 Å². The van der Waals surface area contributed by atoms with Gasteiger partial charge in [-0.2, -0.15) is 0 Å². The van der Waals surface area contributed by atoms with Gasteiger partial charge in [0.15, 0.2) is 0 Å². The van der Waals surface area contributed by atoms with E-state index in [-0.39, 0.29) is 11.8 Å². The van der Waals surface area contributed by atoms with Crippen molar-refractivity contribution in [3.05, 3.63) is 0 Å². The lowest BCUT2D eigenvalue weighted by Crippen LogP contribution is -2.47. The number of hydrogen-bond donors (Lipinski definition) is 2. The van der Waals surface area contributed by atoms with Crippen LogP contribution in [-0.4, -0.2) is 47.8 Å². The van der Waals surface area contributed by atoms with E-state index in [4.69, 9.17) is 9.47 Å². The lowest BCUT2D eigenvalue weighted by Gasteiger charge is -2.44. The zero-order valence-electron chi connectivity index (χ0n) is 25.1. The van der Waals surface area contributed by atoms with Gasteiger partial charge in [0, 0.05) is 0 Å². The van der Waals surface area contributed by atoms with Crippen molar-refractivity contribution in [2.45, 2.75) is 144 Å². The molecule has 0 aliphatic heterocycles. The van der Waals surface area contributed by atoms with Gasteiger partial charge in [-0.15, -0.1) is 0 Å². The van der Waals surface area contributed by atoms with Crippen LogP contribution in [0.3, 0.4) is 0 Å². The molecule has 4 nitrogen and oxygen atoms in total. The Bertz CT molecular complexity index is 533. The Morgan fingerprint density at radius 1 is 0.639 bits per heavy atom. The number of rotatable bonds is 15. The van der Waals surface area contributed by atoms with Gasteiger partial charge in [-0.05, 0) is 99.7 Å². The highest BCUT2D eigenvalue weighted by molar-refractivity contribution is 4.91. The third-order valence-electron chi connectivity index (χ3n) is 9.96. The largest absolute Gasteiger partial charge is 0.390 e. The number of aliphatic hydroxyl groups excluding tert-OH is 2. The monoisotopic (exact) mass is 510 g/mol. The van der Waals surface area contributed by atoms with E-state index in [2.05, 4.69) is 55.4 Å². The summed E-state index contributed by atoms with van der Waals surface area (Å²) >= 11 is 0. The van der Waals surface area contributed by atoms with Gasteiger partial charge >= 0.3 is 0 Å². The van der Waals surface area contributed by atoms with Crippen LogP contribution >= 0.6 is 0 Å². The molecule has 2 aliphatic rings. The molecule has 214 valence electrons. The van der Waals surface area contributed by atoms with Crippen molar-refractivity contribution in [1.82, 2.24) is 0 Å². The maximum atomic E-state index is 11.5. The molecule has 2 N–H and O–H groups in total. The second kappa shape index (κ2) is 16.1. The summed E-state index contributed by atoms with van der Waals surface area (Å²) in [6.45, 7) is 19.4. The molecule has 0 bridgehead atoms. The normalized spacial score (nSPS) is 34.5. The molecule has 0 radical (unpaired) electrons. The van der Waals surface area contributed by atoms with Crippen LogP contribution in [0.2, 0.25) is 0 Å². The van der Waals surface area contributed by atoms with Crippen LogP contribution in [0.4, 0.5) is 0 Å². The first-order valence-corrected chi connectivity index (χ1v) is 15.7. The first kappa shape index (κ1) is 32.1. The van der Waals surface area contributed by atoms with Crippen molar-refractivity contribution in [2.75, 3.05) is 13.2 Å². The fourth-order valence-corrected chi connectivity index (χ4v) is 7.50. The molecule has 0 saturated heterocycles. The van der Waals surface area contributed by atoms with E-state index < -0.39 is 12.2 Å². The molecule has 36 heavy (non-hydrogen) atoms. The minimum absolute atomic E-state index is 0.0758. The standard InChI is InChI=1S/C32H62O4/c1-9-11-23(5)35-19-27-17-21(3)13-15-29(27)25(7)31(33)32(34)26(8)30-16-14-22(4)18-28(30)20-36-24(6)12-10-2/h21-34H,9-20H2,1-8H3/t21-,22-,23?,24?,25?,26?,27?,28?,29+,30+,31?,32?/m1/s1. The Morgan fingerprint density at radius 2 is 1.00 bits per heavy atom. The van der Waals surface area contributed by atoms with Gasteiger partial charge in [-0.3, -0.25) is 0 Å². The molecule has 8 unspecified atom stereocenters. The average Bonchev–Trinajstić information content (AvgIpc) is 2.85. The minimum Gasteiger partial charge on any atom is -0.390 e. The van der Waals surface area contributed by atoms with Crippen LogP contribution in [-0.2, 0) is 9.47 Å². The van der Waals surface area contributed by atoms with Gasteiger partial charge in [0.25, 0.3) is 0 Å². The molecule has 4 heteroatoms. The Labute approximate surface area is 224 Å². The van der Waals surface area contributed by atoms with Crippen LogP contribution in [0.1, 0.15) is 120 Å². The molecule has 0 aromatic heterocycles. The van der Waals surface area contributed by atoms with Crippen molar-refractivity contribution in [3.63, 3.8) is 0 Å². The first-order chi connectivity index (χ1) is 17.1. The van der Waals surface area contributed by atoms with Crippen LogP contribution in [0.15, 0.2) is 0 Å². The Morgan fingerprint density at radius 3 is 1.33 bits per heavy atom. The zero-order chi connectivity index (χ0) is 26.8. The molecule has 0 aromatic carbocycles. The molecule has 12 atom stereocenters. The third kappa shape index (κ3) is 9.54. The predicted octanol–water partition coefficient (Wildman–Crippen LogP) is 7.50. The van der Waals surface area contributed by atoms with E-state index in [1.54, 1.807) is 0 Å². The average molecular weight is 511 g/mol. The molecular weight excluding hydrogens is 448 g/mol. The van der Waals surface area contributed by atoms with Crippen molar-refractivity contribution < 1.29 is 19.7 Å². The van der Waals surface area contributed by atoms with Crippen LogP contribution in [0.5, 0.6) is 0 Å². The second-order valence-corrected chi connectivity index (χ2v) is 13.2. The molecule has 0 spiro atoms. The summed E-state index contributed by atoms with van der Waals surface area (Å²) in [5, 5.41) is 23.0. The Kier molecular flexibility index (Phi) is 14.3. The summed E-state index contributed by atoms with van der Waals surface area (Å²) in [7, 11) is 0. The smallest absolute Gasteiger partial charge is 0.0830 e. The topological polar surface area (TPSA) is 58.9 Å². The molecule has 2 aliphatic carbocycles. The fraction of sp³-hybridized carbons (Fsp3) is 1.00. The Hall–Kier alpha value is -0.160.